The molecule has 0 aromatic heterocycles. The first-order valence-corrected chi connectivity index (χ1v) is 7.65. The summed E-state index contributed by atoms with van der Waals surface area (Å²) < 4.78 is 4.85. The van der Waals surface area contributed by atoms with Gasteiger partial charge in [-0.1, -0.05) is 12.2 Å². The van der Waals surface area contributed by atoms with Crippen molar-refractivity contribution in [3.8, 4) is 11.5 Å². The number of nitro benzene ring substituents is 1. The molecule has 0 fully saturated rings. The van der Waals surface area contributed by atoms with E-state index in [-0.39, 0.29) is 37.0 Å². The number of aliphatic hydroxyl groups is 3. The third-order valence-electron chi connectivity index (χ3n) is 3.90. The lowest BCUT2D eigenvalue weighted by atomic mass is 9.98. The summed E-state index contributed by atoms with van der Waals surface area (Å²) >= 11 is 0. The topological polar surface area (TPSA) is 133 Å². The minimum atomic E-state index is -0.653. The summed E-state index contributed by atoms with van der Waals surface area (Å²) in [5.41, 5.74) is 2.04. The van der Waals surface area contributed by atoms with Crippen molar-refractivity contribution in [3.05, 3.63) is 62.2 Å². The number of phenols is 1. The smallest absolute Gasteiger partial charge is 0.315 e. The molecule has 8 heteroatoms. The van der Waals surface area contributed by atoms with Crippen molar-refractivity contribution in [2.45, 2.75) is 19.8 Å². The lowest BCUT2D eigenvalue weighted by Gasteiger charge is -2.11. The van der Waals surface area contributed by atoms with E-state index in [1.54, 1.807) is 24.3 Å². The van der Waals surface area contributed by atoms with Gasteiger partial charge in [-0.3, -0.25) is 10.1 Å². The lowest BCUT2D eigenvalue weighted by molar-refractivity contribution is -0.385. The number of hydrogen-bond donors (Lipinski definition) is 4. The summed E-state index contributed by atoms with van der Waals surface area (Å²) in [5, 5.41) is 49.2. The lowest BCUT2D eigenvalue weighted by Crippen LogP contribution is -2.01. The molecule has 0 unspecified atom stereocenters. The van der Waals surface area contributed by atoms with Gasteiger partial charge in [0.15, 0.2) is 5.75 Å². The molecule has 0 heterocycles. The van der Waals surface area contributed by atoms with E-state index in [1.807, 2.05) is 0 Å². The Morgan fingerprint density at radius 1 is 1.00 bits per heavy atom. The Hall–Kier alpha value is -2.94. The summed E-state index contributed by atoms with van der Waals surface area (Å²) in [5.74, 6) is -0.575. The number of nitro groups is 1. The van der Waals surface area contributed by atoms with E-state index < -0.39 is 4.92 Å². The predicted octanol–water partition coefficient (Wildman–Crippen LogP) is 1.96. The van der Waals surface area contributed by atoms with Gasteiger partial charge >= 0.3 is 5.69 Å². The number of aliphatic hydroxyl groups excluding tert-OH is 3. The molecule has 26 heavy (non-hydrogen) atoms. The molecule has 0 bridgehead atoms. The van der Waals surface area contributed by atoms with Crippen LogP contribution in [-0.4, -0.2) is 32.5 Å². The third kappa shape index (κ3) is 3.99. The summed E-state index contributed by atoms with van der Waals surface area (Å²) in [4.78, 5) is 10.5. The molecule has 2 rings (SSSR count). The van der Waals surface area contributed by atoms with E-state index in [4.69, 9.17) is 4.74 Å². The molecule has 0 atom stereocenters. The molecular weight excluding hydrogens is 342 g/mol. The van der Waals surface area contributed by atoms with Crippen LogP contribution in [0.4, 0.5) is 5.69 Å². The number of rotatable bonds is 7. The fraction of sp³-hybridized carbons (Fsp3) is 0.222. The molecule has 0 saturated carbocycles. The van der Waals surface area contributed by atoms with Gasteiger partial charge in [0, 0.05) is 6.07 Å². The van der Waals surface area contributed by atoms with Crippen LogP contribution < -0.4 is 4.74 Å². The molecule has 0 amide bonds. The van der Waals surface area contributed by atoms with Crippen LogP contribution in [0.5, 0.6) is 11.5 Å². The summed E-state index contributed by atoms with van der Waals surface area (Å²) in [6, 6.07) is 5.86. The minimum Gasteiger partial charge on any atom is -0.504 e. The number of methoxy groups -OCH3 is 1. The van der Waals surface area contributed by atoms with Crippen molar-refractivity contribution >= 4 is 17.8 Å². The molecular formula is C18H19NO7. The van der Waals surface area contributed by atoms with Crippen molar-refractivity contribution in [3.63, 3.8) is 0 Å². The highest BCUT2D eigenvalue weighted by molar-refractivity contribution is 5.74. The number of benzene rings is 2. The molecule has 2 aromatic carbocycles. The predicted molar refractivity (Wildman–Crippen MR) is 94.5 cm³/mol. The first-order chi connectivity index (χ1) is 12.4. The number of aromatic hydroxyl groups is 1. The molecule has 0 saturated heterocycles. The molecule has 4 N–H and O–H groups in total. The van der Waals surface area contributed by atoms with Gasteiger partial charge in [-0.25, -0.2) is 0 Å². The zero-order valence-corrected chi connectivity index (χ0v) is 14.0. The van der Waals surface area contributed by atoms with Crippen LogP contribution in [0.25, 0.3) is 12.2 Å². The van der Waals surface area contributed by atoms with Crippen LogP contribution >= 0.6 is 0 Å². The van der Waals surface area contributed by atoms with Crippen LogP contribution in [0.2, 0.25) is 0 Å². The SMILES string of the molecule is COc1c(O)cc(C=Cc2cc(CO)c(CO)c(CO)c2)cc1[N+](=O)[O-]. The van der Waals surface area contributed by atoms with E-state index in [0.717, 1.165) is 0 Å². The third-order valence-corrected chi connectivity index (χ3v) is 3.90. The number of nitrogens with zero attached hydrogens (tertiary/aromatic N) is 1. The van der Waals surface area contributed by atoms with Crippen LogP contribution in [0, 0.1) is 10.1 Å². The highest BCUT2D eigenvalue weighted by atomic mass is 16.6. The Morgan fingerprint density at radius 3 is 1.96 bits per heavy atom. The summed E-state index contributed by atoms with van der Waals surface area (Å²) in [6.45, 7) is -0.924. The van der Waals surface area contributed by atoms with E-state index in [9.17, 15) is 30.5 Å². The Balaban J connectivity index is 2.46. The molecule has 8 nitrogen and oxygen atoms in total. The molecule has 138 valence electrons. The van der Waals surface area contributed by atoms with Gasteiger partial charge in [0.05, 0.1) is 31.9 Å². The highest BCUT2D eigenvalue weighted by Gasteiger charge is 2.19. The van der Waals surface area contributed by atoms with Crippen LogP contribution in [-0.2, 0) is 19.8 Å². The summed E-state index contributed by atoms with van der Waals surface area (Å²) in [7, 11) is 1.23. The standard InChI is InChI=1S/C18H19NO7/c1-26-18-16(19(24)25)6-12(7-17(18)23)3-2-11-4-13(8-20)15(10-22)14(5-11)9-21/h2-7,20-23H,8-10H2,1H3. The fourth-order valence-corrected chi connectivity index (χ4v) is 2.66. The second kappa shape index (κ2) is 8.43. The Morgan fingerprint density at radius 2 is 1.54 bits per heavy atom. The number of phenolic OH excluding ortho intramolecular Hbond substituents is 1. The zero-order valence-electron chi connectivity index (χ0n) is 14.0. The first-order valence-electron chi connectivity index (χ1n) is 7.65. The van der Waals surface area contributed by atoms with Crippen molar-refractivity contribution in [1.82, 2.24) is 0 Å². The number of hydrogen-bond acceptors (Lipinski definition) is 7. The van der Waals surface area contributed by atoms with E-state index in [2.05, 4.69) is 0 Å². The van der Waals surface area contributed by atoms with Gasteiger partial charge in [-0.05, 0) is 46.0 Å². The quantitative estimate of drug-likeness (QED) is 0.336. The fourth-order valence-electron chi connectivity index (χ4n) is 2.66. The van der Waals surface area contributed by atoms with Gasteiger partial charge < -0.3 is 25.2 Å². The average molecular weight is 361 g/mol. The van der Waals surface area contributed by atoms with Crippen LogP contribution in [0.15, 0.2) is 24.3 Å². The Bertz CT molecular complexity index is 821. The maximum Gasteiger partial charge on any atom is 0.315 e. The maximum atomic E-state index is 11.1. The van der Waals surface area contributed by atoms with E-state index in [0.29, 0.717) is 27.8 Å². The second-order valence-electron chi connectivity index (χ2n) is 5.47. The van der Waals surface area contributed by atoms with E-state index in [1.165, 1.54) is 19.2 Å². The Kier molecular flexibility index (Phi) is 6.29. The zero-order chi connectivity index (χ0) is 19.3. The van der Waals surface area contributed by atoms with Crippen LogP contribution in [0.3, 0.4) is 0 Å². The summed E-state index contributed by atoms with van der Waals surface area (Å²) in [6.07, 6.45) is 3.16. The van der Waals surface area contributed by atoms with Crippen molar-refractivity contribution in [1.29, 1.82) is 0 Å². The molecule has 0 aliphatic carbocycles. The van der Waals surface area contributed by atoms with Gasteiger partial charge in [0.1, 0.15) is 0 Å². The molecule has 0 radical (unpaired) electrons. The second-order valence-corrected chi connectivity index (χ2v) is 5.47. The number of ether oxygens (including phenoxy) is 1. The van der Waals surface area contributed by atoms with Crippen molar-refractivity contribution in [2.24, 2.45) is 0 Å². The normalized spacial score (nSPS) is 11.1. The highest BCUT2D eigenvalue weighted by Crippen LogP contribution is 2.37. The monoisotopic (exact) mass is 361 g/mol. The van der Waals surface area contributed by atoms with Crippen molar-refractivity contribution < 1.29 is 30.1 Å². The maximum absolute atomic E-state index is 11.1. The molecule has 0 aliphatic rings. The van der Waals surface area contributed by atoms with Crippen LogP contribution in [0.1, 0.15) is 27.8 Å². The largest absolute Gasteiger partial charge is 0.504 e. The van der Waals surface area contributed by atoms with Gasteiger partial charge in [-0.15, -0.1) is 0 Å². The van der Waals surface area contributed by atoms with E-state index >= 15 is 0 Å². The van der Waals surface area contributed by atoms with Gasteiger partial charge in [0.2, 0.25) is 5.75 Å². The van der Waals surface area contributed by atoms with Gasteiger partial charge in [0.25, 0.3) is 0 Å². The first kappa shape index (κ1) is 19.4. The molecule has 0 spiro atoms. The molecule has 2 aromatic rings. The minimum absolute atomic E-state index is 0.218. The molecule has 0 aliphatic heterocycles. The van der Waals surface area contributed by atoms with Crippen molar-refractivity contribution in [2.75, 3.05) is 7.11 Å². The average Bonchev–Trinajstić information content (AvgIpc) is 2.64. The Labute approximate surface area is 149 Å². The van der Waals surface area contributed by atoms with Gasteiger partial charge in [-0.2, -0.15) is 0 Å².